The van der Waals surface area contributed by atoms with Crippen LogP contribution in [0.3, 0.4) is 0 Å². The van der Waals surface area contributed by atoms with Gasteiger partial charge in [-0.15, -0.1) is 0 Å². The molecule has 1 rings (SSSR count). The Morgan fingerprint density at radius 2 is 2.25 bits per heavy atom. The van der Waals surface area contributed by atoms with Crippen molar-refractivity contribution in [2.75, 3.05) is 11.5 Å². The van der Waals surface area contributed by atoms with E-state index in [-0.39, 0.29) is 6.10 Å². The molecule has 0 aromatic carbocycles. The van der Waals surface area contributed by atoms with E-state index in [1.54, 1.807) is 11.8 Å². The minimum atomic E-state index is -0.289. The molecule has 0 fully saturated rings. The lowest BCUT2D eigenvalue weighted by molar-refractivity contribution is 0.197. The van der Waals surface area contributed by atoms with Crippen LogP contribution in [0.1, 0.15) is 24.7 Å². The summed E-state index contributed by atoms with van der Waals surface area (Å²) in [6.07, 6.45) is 1.53. The van der Waals surface area contributed by atoms with Crippen LogP contribution in [0.2, 0.25) is 0 Å². The van der Waals surface area contributed by atoms with Crippen molar-refractivity contribution in [3.63, 3.8) is 0 Å². The topological polar surface area (TPSA) is 38.1 Å². The molecule has 1 N–H and O–H groups in total. The van der Waals surface area contributed by atoms with Crippen LogP contribution in [0.15, 0.2) is 4.47 Å². The van der Waals surface area contributed by atoms with Crippen molar-refractivity contribution in [1.29, 1.82) is 0 Å². The Bertz CT molecular complexity index is 341. The number of hydrogen-bond acceptors (Lipinski definition) is 3. The van der Waals surface area contributed by atoms with E-state index in [0.717, 1.165) is 33.8 Å². The number of halogens is 1. The first-order valence-electron chi connectivity index (χ1n) is 5.50. The molecule has 1 heterocycles. The summed E-state index contributed by atoms with van der Waals surface area (Å²) in [4.78, 5) is 0. The van der Waals surface area contributed by atoms with Crippen molar-refractivity contribution in [2.24, 2.45) is 7.05 Å². The van der Waals surface area contributed by atoms with Crippen LogP contribution in [0.25, 0.3) is 0 Å². The Morgan fingerprint density at radius 1 is 1.56 bits per heavy atom. The highest BCUT2D eigenvalue weighted by molar-refractivity contribution is 9.10. The minimum Gasteiger partial charge on any atom is -0.392 e. The highest BCUT2D eigenvalue weighted by Gasteiger charge is 2.14. The van der Waals surface area contributed by atoms with Crippen LogP contribution in [0.5, 0.6) is 0 Å². The van der Waals surface area contributed by atoms with Gasteiger partial charge in [-0.1, -0.05) is 6.92 Å². The molecule has 0 aliphatic rings. The van der Waals surface area contributed by atoms with Gasteiger partial charge in [0.25, 0.3) is 0 Å². The van der Waals surface area contributed by atoms with E-state index in [1.807, 2.05) is 18.7 Å². The van der Waals surface area contributed by atoms with Gasteiger partial charge in [0.2, 0.25) is 0 Å². The molecule has 5 heteroatoms. The van der Waals surface area contributed by atoms with Gasteiger partial charge in [-0.25, -0.2) is 0 Å². The van der Waals surface area contributed by atoms with E-state index in [2.05, 4.69) is 28.0 Å². The first kappa shape index (κ1) is 14.1. The number of nitrogens with zero attached hydrogens (tertiary/aromatic N) is 2. The zero-order valence-electron chi connectivity index (χ0n) is 10.0. The molecule has 1 aromatic rings. The third-order valence-electron chi connectivity index (χ3n) is 2.35. The SMILES string of the molecule is CCCSCC(O)Cc1c(Br)c(C)nn1C. The van der Waals surface area contributed by atoms with Gasteiger partial charge in [0, 0.05) is 19.2 Å². The summed E-state index contributed by atoms with van der Waals surface area (Å²) in [5.74, 6) is 1.91. The van der Waals surface area contributed by atoms with Crippen LogP contribution >= 0.6 is 27.7 Å². The standard InChI is InChI=1S/C11H19BrN2OS/c1-4-5-16-7-9(15)6-10-11(12)8(2)13-14(10)3/h9,15H,4-7H2,1-3H3. The van der Waals surface area contributed by atoms with Crippen LogP contribution in [0, 0.1) is 6.92 Å². The minimum absolute atomic E-state index is 0.289. The van der Waals surface area contributed by atoms with Crippen LogP contribution in [0.4, 0.5) is 0 Å². The predicted molar refractivity (Wildman–Crippen MR) is 73.0 cm³/mol. The van der Waals surface area contributed by atoms with Crippen molar-refractivity contribution in [3.8, 4) is 0 Å². The summed E-state index contributed by atoms with van der Waals surface area (Å²) < 4.78 is 2.86. The molecule has 0 amide bonds. The summed E-state index contributed by atoms with van der Waals surface area (Å²) in [7, 11) is 1.92. The summed E-state index contributed by atoms with van der Waals surface area (Å²) >= 11 is 5.31. The van der Waals surface area contributed by atoms with Gasteiger partial charge in [-0.3, -0.25) is 4.68 Å². The Morgan fingerprint density at radius 3 is 2.75 bits per heavy atom. The molecule has 0 bridgehead atoms. The van der Waals surface area contributed by atoms with E-state index in [4.69, 9.17) is 0 Å². The molecule has 0 radical (unpaired) electrons. The van der Waals surface area contributed by atoms with E-state index < -0.39 is 0 Å². The molecule has 0 aliphatic heterocycles. The van der Waals surface area contributed by atoms with E-state index in [1.165, 1.54) is 0 Å². The number of hydrogen-bond donors (Lipinski definition) is 1. The van der Waals surface area contributed by atoms with Gasteiger partial charge in [-0.05, 0) is 35.0 Å². The second-order valence-electron chi connectivity index (χ2n) is 3.90. The van der Waals surface area contributed by atoms with Crippen molar-refractivity contribution in [2.45, 2.75) is 32.8 Å². The number of aliphatic hydroxyl groups excluding tert-OH is 1. The predicted octanol–water partition coefficient (Wildman–Crippen LogP) is 2.54. The first-order chi connectivity index (χ1) is 7.56. The van der Waals surface area contributed by atoms with Gasteiger partial charge in [-0.2, -0.15) is 16.9 Å². The highest BCUT2D eigenvalue weighted by atomic mass is 79.9. The molecule has 0 saturated carbocycles. The fourth-order valence-electron chi connectivity index (χ4n) is 1.55. The second kappa shape index (κ2) is 6.67. The Balaban J connectivity index is 2.52. The average Bonchev–Trinajstić information content (AvgIpc) is 2.46. The quantitative estimate of drug-likeness (QED) is 0.821. The largest absolute Gasteiger partial charge is 0.392 e. The molecule has 3 nitrogen and oxygen atoms in total. The van der Waals surface area contributed by atoms with Gasteiger partial charge in [0.15, 0.2) is 0 Å². The van der Waals surface area contributed by atoms with Gasteiger partial charge < -0.3 is 5.11 Å². The number of thioether (sulfide) groups is 1. The zero-order chi connectivity index (χ0) is 12.1. The average molecular weight is 307 g/mol. The lowest BCUT2D eigenvalue weighted by Crippen LogP contribution is -2.16. The van der Waals surface area contributed by atoms with Crippen LogP contribution in [-0.2, 0) is 13.5 Å². The number of rotatable bonds is 6. The molecular weight excluding hydrogens is 288 g/mol. The molecular formula is C11H19BrN2OS. The van der Waals surface area contributed by atoms with E-state index in [0.29, 0.717) is 6.42 Å². The van der Waals surface area contributed by atoms with Gasteiger partial charge in [0.1, 0.15) is 0 Å². The zero-order valence-corrected chi connectivity index (χ0v) is 12.4. The molecule has 0 spiro atoms. The summed E-state index contributed by atoms with van der Waals surface area (Å²) in [6.45, 7) is 4.12. The Kier molecular flexibility index (Phi) is 5.86. The number of aromatic nitrogens is 2. The van der Waals surface area contributed by atoms with Gasteiger partial charge >= 0.3 is 0 Å². The third-order valence-corrected chi connectivity index (χ3v) is 4.70. The summed E-state index contributed by atoms with van der Waals surface area (Å²) in [5, 5.41) is 14.2. The van der Waals surface area contributed by atoms with Crippen molar-refractivity contribution in [3.05, 3.63) is 15.9 Å². The normalized spacial score (nSPS) is 13.1. The van der Waals surface area contributed by atoms with E-state index in [9.17, 15) is 5.11 Å². The third kappa shape index (κ3) is 3.79. The van der Waals surface area contributed by atoms with Crippen molar-refractivity contribution >= 4 is 27.7 Å². The fraction of sp³-hybridized carbons (Fsp3) is 0.727. The molecule has 16 heavy (non-hydrogen) atoms. The fourth-order valence-corrected chi connectivity index (χ4v) is 2.89. The lowest BCUT2D eigenvalue weighted by Gasteiger charge is -2.10. The Hall–Kier alpha value is 0. The van der Waals surface area contributed by atoms with Crippen molar-refractivity contribution < 1.29 is 5.11 Å². The maximum Gasteiger partial charge on any atom is 0.0738 e. The smallest absolute Gasteiger partial charge is 0.0738 e. The van der Waals surface area contributed by atoms with Crippen LogP contribution in [-0.4, -0.2) is 32.5 Å². The monoisotopic (exact) mass is 306 g/mol. The lowest BCUT2D eigenvalue weighted by atomic mass is 10.2. The Labute approximate surface area is 110 Å². The number of aliphatic hydroxyl groups is 1. The molecule has 1 unspecified atom stereocenters. The molecule has 0 aliphatic carbocycles. The summed E-state index contributed by atoms with van der Waals surface area (Å²) in [6, 6.07) is 0. The molecule has 92 valence electrons. The summed E-state index contributed by atoms with van der Waals surface area (Å²) in [5.41, 5.74) is 2.05. The highest BCUT2D eigenvalue weighted by Crippen LogP contribution is 2.22. The maximum atomic E-state index is 9.90. The van der Waals surface area contributed by atoms with E-state index >= 15 is 0 Å². The molecule has 0 saturated heterocycles. The van der Waals surface area contributed by atoms with Crippen molar-refractivity contribution in [1.82, 2.24) is 9.78 Å². The second-order valence-corrected chi connectivity index (χ2v) is 5.85. The van der Waals surface area contributed by atoms with Crippen LogP contribution < -0.4 is 0 Å². The maximum absolute atomic E-state index is 9.90. The number of aryl methyl sites for hydroxylation is 2. The molecule has 1 atom stereocenters. The van der Waals surface area contributed by atoms with Gasteiger partial charge in [0.05, 0.1) is 22.0 Å². The molecule has 1 aromatic heterocycles. The first-order valence-corrected chi connectivity index (χ1v) is 7.44.